The number of anilines is 1. The van der Waals surface area contributed by atoms with E-state index in [1.807, 2.05) is 38.1 Å². The van der Waals surface area contributed by atoms with E-state index in [2.05, 4.69) is 16.4 Å². The number of aryl methyl sites for hydroxylation is 2. The molecular weight excluding hydrogens is 395 g/mol. The van der Waals surface area contributed by atoms with Crippen LogP contribution in [-0.4, -0.2) is 10.9 Å². The number of fused-ring (bicyclic) bond motifs is 1. The van der Waals surface area contributed by atoms with E-state index >= 15 is 0 Å². The number of halogens is 2. The fraction of sp³-hybridized carbons (Fsp3) is 0.0909. The molecule has 0 radical (unpaired) electrons. The van der Waals surface area contributed by atoms with Crippen LogP contribution in [-0.2, 0) is 0 Å². The Kier molecular flexibility index (Phi) is 4.84. The van der Waals surface area contributed by atoms with Gasteiger partial charge in [-0.3, -0.25) is 4.79 Å². The highest BCUT2D eigenvalue weighted by Gasteiger charge is 2.14. The molecule has 0 aliphatic heterocycles. The van der Waals surface area contributed by atoms with Crippen LogP contribution in [0.5, 0.6) is 0 Å². The Balaban J connectivity index is 1.66. The molecule has 4 rings (SSSR count). The van der Waals surface area contributed by atoms with Gasteiger partial charge in [0.05, 0.1) is 10.6 Å². The first kappa shape index (κ1) is 18.5. The molecule has 28 heavy (non-hydrogen) atoms. The summed E-state index contributed by atoms with van der Waals surface area (Å²) in [6.07, 6.45) is 0. The van der Waals surface area contributed by atoms with Crippen LogP contribution in [0.3, 0.4) is 0 Å². The molecule has 6 heteroatoms. The number of hydrogen-bond acceptors (Lipinski definition) is 3. The number of benzene rings is 3. The van der Waals surface area contributed by atoms with Crippen LogP contribution < -0.4 is 5.32 Å². The number of carbonyl (C=O) groups is 1. The molecule has 1 aromatic heterocycles. The van der Waals surface area contributed by atoms with Crippen LogP contribution in [0.15, 0.2) is 59.0 Å². The highest BCUT2D eigenvalue weighted by molar-refractivity contribution is 6.36. The minimum Gasteiger partial charge on any atom is -0.436 e. The first-order valence-electron chi connectivity index (χ1n) is 8.65. The molecule has 0 aliphatic rings. The average molecular weight is 411 g/mol. The number of rotatable bonds is 3. The van der Waals surface area contributed by atoms with Crippen molar-refractivity contribution in [2.24, 2.45) is 0 Å². The maximum absolute atomic E-state index is 12.6. The summed E-state index contributed by atoms with van der Waals surface area (Å²) in [5.74, 6) is 0.161. The summed E-state index contributed by atoms with van der Waals surface area (Å²) in [6, 6.07) is 16.1. The minimum absolute atomic E-state index is 0.313. The monoisotopic (exact) mass is 410 g/mol. The summed E-state index contributed by atoms with van der Waals surface area (Å²) < 4.78 is 5.96. The van der Waals surface area contributed by atoms with Gasteiger partial charge in [-0.2, -0.15) is 0 Å². The molecule has 0 saturated heterocycles. The van der Waals surface area contributed by atoms with E-state index in [1.54, 1.807) is 18.2 Å². The lowest BCUT2D eigenvalue weighted by Crippen LogP contribution is -2.12. The summed E-state index contributed by atoms with van der Waals surface area (Å²) in [6.45, 7) is 4.02. The largest absolute Gasteiger partial charge is 0.436 e. The van der Waals surface area contributed by atoms with Gasteiger partial charge in [0.2, 0.25) is 5.89 Å². The van der Waals surface area contributed by atoms with E-state index in [9.17, 15) is 4.79 Å². The van der Waals surface area contributed by atoms with Gasteiger partial charge in [0.15, 0.2) is 5.58 Å². The van der Waals surface area contributed by atoms with Gasteiger partial charge in [-0.05, 0) is 67.4 Å². The zero-order chi connectivity index (χ0) is 19.8. The van der Waals surface area contributed by atoms with Gasteiger partial charge in [0.25, 0.3) is 5.91 Å². The smallest absolute Gasteiger partial charge is 0.257 e. The van der Waals surface area contributed by atoms with Gasteiger partial charge in [0.1, 0.15) is 5.52 Å². The van der Waals surface area contributed by atoms with Crippen molar-refractivity contribution >= 4 is 45.9 Å². The summed E-state index contributed by atoms with van der Waals surface area (Å²) in [7, 11) is 0. The fourth-order valence-electron chi connectivity index (χ4n) is 3.10. The predicted octanol–water partition coefficient (Wildman–Crippen LogP) is 6.67. The SMILES string of the molecule is Cc1cc(C)c2oc(-c3cccc(NC(=O)c4cc(Cl)ccc4Cl)c3)nc2c1. The number of hydrogen-bond donors (Lipinski definition) is 1. The Morgan fingerprint density at radius 3 is 2.68 bits per heavy atom. The number of aromatic nitrogens is 1. The number of oxazole rings is 1. The molecular formula is C22H16Cl2N2O2. The van der Waals surface area contributed by atoms with Crippen molar-refractivity contribution in [3.63, 3.8) is 0 Å². The summed E-state index contributed by atoms with van der Waals surface area (Å²) >= 11 is 12.1. The normalized spacial score (nSPS) is 11.0. The average Bonchev–Trinajstić information content (AvgIpc) is 3.08. The molecule has 1 amide bonds. The molecule has 0 unspecified atom stereocenters. The van der Waals surface area contributed by atoms with Crippen molar-refractivity contribution in [1.29, 1.82) is 0 Å². The predicted molar refractivity (Wildman–Crippen MR) is 113 cm³/mol. The van der Waals surface area contributed by atoms with Crippen molar-refractivity contribution < 1.29 is 9.21 Å². The highest BCUT2D eigenvalue weighted by Crippen LogP contribution is 2.29. The standard InChI is InChI=1S/C22H16Cl2N2O2/c1-12-8-13(2)20-19(9-12)26-22(28-20)14-4-3-5-16(10-14)25-21(27)17-11-15(23)6-7-18(17)24/h3-11H,1-2H3,(H,25,27). The fourth-order valence-corrected chi connectivity index (χ4v) is 3.48. The molecule has 0 fully saturated rings. The van der Waals surface area contributed by atoms with Crippen LogP contribution in [0.2, 0.25) is 10.0 Å². The Bertz CT molecular complexity index is 1210. The Morgan fingerprint density at radius 1 is 1.04 bits per heavy atom. The van der Waals surface area contributed by atoms with Crippen LogP contribution in [0, 0.1) is 13.8 Å². The molecule has 0 spiro atoms. The number of amides is 1. The van der Waals surface area contributed by atoms with E-state index in [0.717, 1.165) is 27.8 Å². The second kappa shape index (κ2) is 7.30. The zero-order valence-corrected chi connectivity index (χ0v) is 16.7. The molecule has 0 saturated carbocycles. The first-order chi connectivity index (χ1) is 13.4. The molecule has 140 valence electrons. The Morgan fingerprint density at radius 2 is 1.86 bits per heavy atom. The molecule has 0 aliphatic carbocycles. The summed E-state index contributed by atoms with van der Waals surface area (Å²) in [5.41, 5.74) is 5.43. The van der Waals surface area contributed by atoms with E-state index in [4.69, 9.17) is 27.6 Å². The second-order valence-electron chi connectivity index (χ2n) is 6.61. The maximum Gasteiger partial charge on any atom is 0.257 e. The molecule has 3 aromatic carbocycles. The van der Waals surface area contributed by atoms with Crippen LogP contribution in [0.25, 0.3) is 22.6 Å². The summed E-state index contributed by atoms with van der Waals surface area (Å²) in [4.78, 5) is 17.2. The van der Waals surface area contributed by atoms with Crippen LogP contribution in [0.1, 0.15) is 21.5 Å². The zero-order valence-electron chi connectivity index (χ0n) is 15.2. The number of nitrogens with zero attached hydrogens (tertiary/aromatic N) is 1. The quantitative estimate of drug-likeness (QED) is 0.410. The van der Waals surface area contributed by atoms with E-state index in [0.29, 0.717) is 27.2 Å². The van der Waals surface area contributed by atoms with Gasteiger partial charge in [-0.25, -0.2) is 4.98 Å². The van der Waals surface area contributed by atoms with Gasteiger partial charge >= 0.3 is 0 Å². The molecule has 1 N–H and O–H groups in total. The third kappa shape index (κ3) is 3.61. The van der Waals surface area contributed by atoms with E-state index in [1.165, 1.54) is 6.07 Å². The van der Waals surface area contributed by atoms with Crippen molar-refractivity contribution in [1.82, 2.24) is 4.98 Å². The first-order valence-corrected chi connectivity index (χ1v) is 9.41. The maximum atomic E-state index is 12.6. The van der Waals surface area contributed by atoms with Crippen molar-refractivity contribution in [3.8, 4) is 11.5 Å². The van der Waals surface area contributed by atoms with Gasteiger partial charge < -0.3 is 9.73 Å². The second-order valence-corrected chi connectivity index (χ2v) is 7.45. The van der Waals surface area contributed by atoms with Crippen molar-refractivity contribution in [2.45, 2.75) is 13.8 Å². The number of carbonyl (C=O) groups excluding carboxylic acids is 1. The summed E-state index contributed by atoms with van der Waals surface area (Å²) in [5, 5.41) is 3.62. The molecule has 4 nitrogen and oxygen atoms in total. The van der Waals surface area contributed by atoms with Crippen LogP contribution in [0.4, 0.5) is 5.69 Å². The molecule has 4 aromatic rings. The lowest BCUT2D eigenvalue weighted by Gasteiger charge is -2.08. The topological polar surface area (TPSA) is 55.1 Å². The van der Waals surface area contributed by atoms with Crippen molar-refractivity contribution in [2.75, 3.05) is 5.32 Å². The molecule has 0 bridgehead atoms. The van der Waals surface area contributed by atoms with Gasteiger partial charge in [0, 0.05) is 16.3 Å². The lowest BCUT2D eigenvalue weighted by molar-refractivity contribution is 0.102. The minimum atomic E-state index is -0.339. The van der Waals surface area contributed by atoms with Crippen LogP contribution >= 0.6 is 23.2 Å². The van der Waals surface area contributed by atoms with E-state index < -0.39 is 0 Å². The molecule has 1 heterocycles. The highest BCUT2D eigenvalue weighted by atomic mass is 35.5. The van der Waals surface area contributed by atoms with E-state index in [-0.39, 0.29) is 5.91 Å². The van der Waals surface area contributed by atoms with Gasteiger partial charge in [-0.15, -0.1) is 0 Å². The Labute approximate surface area is 172 Å². The third-order valence-electron chi connectivity index (χ3n) is 4.36. The van der Waals surface area contributed by atoms with Crippen molar-refractivity contribution in [3.05, 3.63) is 81.3 Å². The van der Waals surface area contributed by atoms with Gasteiger partial charge in [-0.1, -0.05) is 35.3 Å². The third-order valence-corrected chi connectivity index (χ3v) is 4.93. The molecule has 0 atom stereocenters. The number of nitrogens with one attached hydrogen (secondary N) is 1. The Hall–Kier alpha value is -2.82. The lowest BCUT2D eigenvalue weighted by atomic mass is 10.1.